The van der Waals surface area contributed by atoms with Crippen molar-refractivity contribution in [3.05, 3.63) is 99.8 Å². The minimum absolute atomic E-state index is 0.0474. The third-order valence-electron chi connectivity index (χ3n) is 6.40. The van der Waals surface area contributed by atoms with Crippen molar-refractivity contribution in [3.63, 3.8) is 0 Å². The van der Waals surface area contributed by atoms with Gasteiger partial charge in [-0.1, -0.05) is 72.6 Å². The van der Waals surface area contributed by atoms with Crippen molar-refractivity contribution < 1.29 is 22.4 Å². The highest BCUT2D eigenvalue weighted by Crippen LogP contribution is 2.30. The van der Waals surface area contributed by atoms with E-state index in [1.165, 1.54) is 47.4 Å². The first-order valence-electron chi connectivity index (χ1n) is 12.7. The number of anilines is 1. The van der Waals surface area contributed by atoms with Crippen LogP contribution in [-0.4, -0.2) is 50.0 Å². The number of carbonyl (C=O) groups is 2. The highest BCUT2D eigenvalue weighted by Gasteiger charge is 2.33. The standard InChI is InChI=1S/C29H32Cl2FN3O4S/c1-4-20(2)33-29(37)27(16-21-8-6-5-7-9-21)34(18-22-10-13-24(32)14-11-22)28(36)19-35(40(3,38)39)26-15-12-23(30)17-25(26)31/h5-15,17,20,27H,4,16,18-19H2,1-3H3,(H,33,37)/t20-,27-/m0/s1. The lowest BCUT2D eigenvalue weighted by Gasteiger charge is -2.34. The van der Waals surface area contributed by atoms with E-state index in [2.05, 4.69) is 5.32 Å². The van der Waals surface area contributed by atoms with E-state index < -0.39 is 34.3 Å². The fourth-order valence-corrected chi connectivity index (χ4v) is 5.48. The van der Waals surface area contributed by atoms with Gasteiger partial charge >= 0.3 is 0 Å². The summed E-state index contributed by atoms with van der Waals surface area (Å²) in [5.41, 5.74) is 1.45. The molecule has 0 bridgehead atoms. The summed E-state index contributed by atoms with van der Waals surface area (Å²) in [6.45, 7) is 3.11. The number of hydrogen-bond acceptors (Lipinski definition) is 4. The molecular weight excluding hydrogens is 576 g/mol. The Morgan fingerprint density at radius 3 is 2.20 bits per heavy atom. The Bertz CT molecular complexity index is 1420. The number of nitrogens with one attached hydrogen (secondary N) is 1. The van der Waals surface area contributed by atoms with Crippen LogP contribution in [-0.2, 0) is 32.6 Å². The molecule has 0 spiro atoms. The van der Waals surface area contributed by atoms with Crippen molar-refractivity contribution in [1.29, 1.82) is 0 Å². The normalized spacial score (nSPS) is 12.8. The van der Waals surface area contributed by atoms with Crippen LogP contribution in [0.4, 0.5) is 10.1 Å². The van der Waals surface area contributed by atoms with Gasteiger partial charge in [0.25, 0.3) is 0 Å². The van der Waals surface area contributed by atoms with Gasteiger partial charge in [-0.3, -0.25) is 13.9 Å². The second-order valence-electron chi connectivity index (χ2n) is 9.54. The van der Waals surface area contributed by atoms with Gasteiger partial charge in [0, 0.05) is 24.0 Å². The predicted molar refractivity (Wildman–Crippen MR) is 157 cm³/mol. The molecule has 0 aliphatic carbocycles. The van der Waals surface area contributed by atoms with Crippen LogP contribution in [0.1, 0.15) is 31.4 Å². The fraction of sp³-hybridized carbons (Fsp3) is 0.310. The first-order chi connectivity index (χ1) is 18.9. The van der Waals surface area contributed by atoms with E-state index in [9.17, 15) is 22.4 Å². The lowest BCUT2D eigenvalue weighted by Crippen LogP contribution is -2.54. The van der Waals surface area contributed by atoms with Crippen LogP contribution in [0.3, 0.4) is 0 Å². The Labute approximate surface area is 244 Å². The molecular formula is C29H32Cl2FN3O4S. The zero-order chi connectivity index (χ0) is 29.4. The summed E-state index contributed by atoms with van der Waals surface area (Å²) >= 11 is 12.3. The van der Waals surface area contributed by atoms with E-state index in [1.54, 1.807) is 0 Å². The quantitative estimate of drug-likeness (QED) is 0.296. The molecule has 0 radical (unpaired) electrons. The molecule has 0 unspecified atom stereocenters. The number of sulfonamides is 1. The minimum Gasteiger partial charge on any atom is -0.352 e. The van der Waals surface area contributed by atoms with Crippen LogP contribution in [0.15, 0.2) is 72.8 Å². The van der Waals surface area contributed by atoms with Gasteiger partial charge in [0.1, 0.15) is 18.4 Å². The molecule has 7 nitrogen and oxygen atoms in total. The summed E-state index contributed by atoms with van der Waals surface area (Å²) in [6, 6.07) is 17.9. The van der Waals surface area contributed by atoms with Crippen LogP contribution >= 0.6 is 23.2 Å². The maximum absolute atomic E-state index is 14.0. The van der Waals surface area contributed by atoms with Gasteiger partial charge in [0.05, 0.1) is 17.0 Å². The Morgan fingerprint density at radius 1 is 0.975 bits per heavy atom. The van der Waals surface area contributed by atoms with Crippen LogP contribution < -0.4 is 9.62 Å². The van der Waals surface area contributed by atoms with Gasteiger partial charge in [-0.25, -0.2) is 12.8 Å². The van der Waals surface area contributed by atoms with Crippen LogP contribution in [0, 0.1) is 5.82 Å². The van der Waals surface area contributed by atoms with E-state index in [1.807, 2.05) is 44.2 Å². The first kappa shape index (κ1) is 31.4. The van der Waals surface area contributed by atoms with Crippen LogP contribution in [0.5, 0.6) is 0 Å². The van der Waals surface area contributed by atoms with Gasteiger partial charge in [-0.15, -0.1) is 0 Å². The number of hydrogen-bond donors (Lipinski definition) is 1. The lowest BCUT2D eigenvalue weighted by atomic mass is 10.0. The highest BCUT2D eigenvalue weighted by atomic mass is 35.5. The molecule has 0 saturated carbocycles. The molecule has 11 heteroatoms. The molecule has 1 N–H and O–H groups in total. The van der Waals surface area contributed by atoms with Crippen molar-refractivity contribution in [2.24, 2.45) is 0 Å². The predicted octanol–water partition coefficient (Wildman–Crippen LogP) is 5.45. The maximum Gasteiger partial charge on any atom is 0.244 e. The van der Waals surface area contributed by atoms with Gasteiger partial charge in [-0.05, 0) is 54.8 Å². The third kappa shape index (κ3) is 8.68. The molecule has 2 atom stereocenters. The molecule has 214 valence electrons. The molecule has 0 heterocycles. The monoisotopic (exact) mass is 607 g/mol. The number of halogens is 3. The molecule has 3 aromatic carbocycles. The van der Waals surface area contributed by atoms with Gasteiger partial charge in [-0.2, -0.15) is 0 Å². The van der Waals surface area contributed by atoms with Crippen molar-refractivity contribution in [2.45, 2.75) is 45.3 Å². The van der Waals surface area contributed by atoms with Gasteiger partial charge < -0.3 is 10.2 Å². The summed E-state index contributed by atoms with van der Waals surface area (Å²) in [4.78, 5) is 29.0. The molecule has 0 aromatic heterocycles. The number of rotatable bonds is 12. The smallest absolute Gasteiger partial charge is 0.244 e. The molecule has 2 amide bonds. The van der Waals surface area contributed by atoms with Gasteiger partial charge in [0.15, 0.2) is 0 Å². The summed E-state index contributed by atoms with van der Waals surface area (Å²) in [5.74, 6) is -1.47. The van der Waals surface area contributed by atoms with Crippen LogP contribution in [0.25, 0.3) is 0 Å². The van der Waals surface area contributed by atoms with E-state index in [-0.39, 0.29) is 35.6 Å². The van der Waals surface area contributed by atoms with E-state index in [0.717, 1.165) is 16.1 Å². The average molecular weight is 609 g/mol. The Balaban J connectivity index is 2.07. The highest BCUT2D eigenvalue weighted by molar-refractivity contribution is 7.92. The number of carbonyl (C=O) groups excluding carboxylic acids is 2. The summed E-state index contributed by atoms with van der Waals surface area (Å²) < 4.78 is 40.2. The zero-order valence-corrected chi connectivity index (χ0v) is 24.8. The largest absolute Gasteiger partial charge is 0.352 e. The van der Waals surface area contributed by atoms with Crippen molar-refractivity contribution in [2.75, 3.05) is 17.1 Å². The van der Waals surface area contributed by atoms with E-state index in [0.29, 0.717) is 17.0 Å². The minimum atomic E-state index is -3.98. The average Bonchev–Trinajstić information content (AvgIpc) is 2.90. The second-order valence-corrected chi connectivity index (χ2v) is 12.3. The molecule has 40 heavy (non-hydrogen) atoms. The lowest BCUT2D eigenvalue weighted by molar-refractivity contribution is -0.140. The molecule has 3 aromatic rings. The van der Waals surface area contributed by atoms with Crippen molar-refractivity contribution in [1.82, 2.24) is 10.2 Å². The Morgan fingerprint density at radius 2 is 1.62 bits per heavy atom. The summed E-state index contributed by atoms with van der Waals surface area (Å²) in [6.07, 6.45) is 1.82. The van der Waals surface area contributed by atoms with Crippen molar-refractivity contribution >= 4 is 50.7 Å². The Hall–Kier alpha value is -3.14. The number of nitrogens with zero attached hydrogens (tertiary/aromatic N) is 2. The molecule has 0 fully saturated rings. The SMILES string of the molecule is CC[C@H](C)NC(=O)[C@H](Cc1ccccc1)N(Cc1ccc(F)cc1)C(=O)CN(c1ccc(Cl)cc1Cl)S(C)(=O)=O. The summed E-state index contributed by atoms with van der Waals surface area (Å²) in [5, 5.41) is 3.30. The van der Waals surface area contributed by atoms with Gasteiger partial charge in [0.2, 0.25) is 21.8 Å². The molecule has 0 aliphatic heterocycles. The maximum atomic E-state index is 14.0. The molecule has 0 saturated heterocycles. The zero-order valence-electron chi connectivity index (χ0n) is 22.5. The number of amides is 2. The topological polar surface area (TPSA) is 86.8 Å². The van der Waals surface area contributed by atoms with E-state index >= 15 is 0 Å². The van der Waals surface area contributed by atoms with Crippen molar-refractivity contribution in [3.8, 4) is 0 Å². The Kier molecular flexibility index (Phi) is 11.0. The second kappa shape index (κ2) is 14.0. The van der Waals surface area contributed by atoms with Crippen LogP contribution in [0.2, 0.25) is 10.0 Å². The number of benzene rings is 3. The third-order valence-corrected chi connectivity index (χ3v) is 8.06. The first-order valence-corrected chi connectivity index (χ1v) is 15.3. The summed E-state index contributed by atoms with van der Waals surface area (Å²) in [7, 11) is -3.98. The molecule has 3 rings (SSSR count). The fourth-order valence-electron chi connectivity index (χ4n) is 4.06. The molecule has 0 aliphatic rings. The van der Waals surface area contributed by atoms with E-state index in [4.69, 9.17) is 23.2 Å².